The summed E-state index contributed by atoms with van der Waals surface area (Å²) in [7, 11) is 0. The molecular formula is C19H23N3O3. The van der Waals surface area contributed by atoms with Crippen molar-refractivity contribution in [1.82, 2.24) is 15.0 Å². The Morgan fingerprint density at radius 1 is 0.920 bits per heavy atom. The molecule has 3 rings (SSSR count). The molecule has 0 aliphatic heterocycles. The Bertz CT molecular complexity index is 898. The molecule has 0 bridgehead atoms. The fourth-order valence-electron chi connectivity index (χ4n) is 2.94. The molecule has 1 heterocycles. The zero-order valence-corrected chi connectivity index (χ0v) is 14.9. The summed E-state index contributed by atoms with van der Waals surface area (Å²) in [6, 6.07) is 7.23. The van der Waals surface area contributed by atoms with Crippen LogP contribution in [0.2, 0.25) is 0 Å². The first-order valence-electron chi connectivity index (χ1n) is 8.19. The number of aliphatic hydroxyl groups is 2. The van der Waals surface area contributed by atoms with Crippen molar-refractivity contribution in [2.24, 2.45) is 0 Å². The second kappa shape index (κ2) is 6.13. The van der Waals surface area contributed by atoms with Crippen molar-refractivity contribution in [2.45, 2.75) is 46.3 Å². The summed E-state index contributed by atoms with van der Waals surface area (Å²) < 4.78 is 0. The molecule has 0 aliphatic carbocycles. The summed E-state index contributed by atoms with van der Waals surface area (Å²) in [6.07, 6.45) is 0. The molecule has 0 fully saturated rings. The van der Waals surface area contributed by atoms with Gasteiger partial charge in [-0.05, 0) is 47.2 Å². The van der Waals surface area contributed by atoms with Gasteiger partial charge in [0.15, 0.2) is 0 Å². The number of fused-ring (bicyclic) bond motifs is 1. The van der Waals surface area contributed by atoms with Crippen molar-refractivity contribution in [2.75, 3.05) is 0 Å². The van der Waals surface area contributed by atoms with Gasteiger partial charge in [-0.2, -0.15) is 0 Å². The van der Waals surface area contributed by atoms with Crippen LogP contribution >= 0.6 is 0 Å². The molecular weight excluding hydrogens is 318 g/mol. The van der Waals surface area contributed by atoms with Crippen LogP contribution in [0.3, 0.4) is 0 Å². The highest BCUT2D eigenvalue weighted by Gasteiger charge is 2.22. The van der Waals surface area contributed by atoms with Gasteiger partial charge in [-0.25, -0.2) is 0 Å². The normalized spacial score (nSPS) is 12.1. The Balaban J connectivity index is 2.22. The van der Waals surface area contributed by atoms with E-state index in [-0.39, 0.29) is 24.4 Å². The summed E-state index contributed by atoms with van der Waals surface area (Å²) in [5, 5.41) is 38.5. The van der Waals surface area contributed by atoms with E-state index >= 15 is 0 Å². The third kappa shape index (κ3) is 3.10. The van der Waals surface area contributed by atoms with Gasteiger partial charge >= 0.3 is 0 Å². The number of hydrogen-bond acceptors (Lipinski definition) is 5. The maximum Gasteiger partial charge on any atom is 0.146 e. The van der Waals surface area contributed by atoms with Gasteiger partial charge in [0.25, 0.3) is 0 Å². The third-order valence-corrected chi connectivity index (χ3v) is 4.30. The standard InChI is InChI=1S/C19H23N3O3/c1-11-5-14(19(2,3)4)18(25)17(6-11)22-20-15-7-12(9-23)13(10-24)8-16(15)21-22/h5-8,23-25H,9-10H2,1-4H3. The number of aryl methyl sites for hydroxylation is 1. The van der Waals surface area contributed by atoms with E-state index in [0.717, 1.165) is 11.1 Å². The zero-order valence-electron chi connectivity index (χ0n) is 14.9. The lowest BCUT2D eigenvalue weighted by molar-refractivity contribution is 0.260. The third-order valence-electron chi connectivity index (χ3n) is 4.30. The highest BCUT2D eigenvalue weighted by atomic mass is 16.3. The minimum absolute atomic E-state index is 0.156. The molecule has 6 heteroatoms. The van der Waals surface area contributed by atoms with Gasteiger partial charge in [0, 0.05) is 5.56 Å². The topological polar surface area (TPSA) is 91.4 Å². The van der Waals surface area contributed by atoms with Crippen LogP contribution in [0.5, 0.6) is 5.75 Å². The molecule has 0 atom stereocenters. The van der Waals surface area contributed by atoms with Crippen LogP contribution < -0.4 is 0 Å². The van der Waals surface area contributed by atoms with E-state index in [9.17, 15) is 15.3 Å². The zero-order chi connectivity index (χ0) is 18.4. The van der Waals surface area contributed by atoms with E-state index in [1.54, 1.807) is 12.1 Å². The predicted molar refractivity (Wildman–Crippen MR) is 95.8 cm³/mol. The summed E-state index contributed by atoms with van der Waals surface area (Å²) in [5.41, 5.74) is 4.56. The second-order valence-electron chi connectivity index (χ2n) is 7.35. The lowest BCUT2D eigenvalue weighted by Crippen LogP contribution is -2.13. The number of hydrogen-bond donors (Lipinski definition) is 3. The first-order valence-corrected chi connectivity index (χ1v) is 8.19. The lowest BCUT2D eigenvalue weighted by atomic mass is 9.85. The van der Waals surface area contributed by atoms with Gasteiger partial charge in [-0.15, -0.1) is 15.0 Å². The van der Waals surface area contributed by atoms with E-state index in [2.05, 4.69) is 10.2 Å². The Kier molecular flexibility index (Phi) is 4.26. The number of nitrogens with zero attached hydrogens (tertiary/aromatic N) is 3. The molecule has 132 valence electrons. The molecule has 0 saturated carbocycles. The maximum absolute atomic E-state index is 10.7. The van der Waals surface area contributed by atoms with Crippen molar-refractivity contribution in [1.29, 1.82) is 0 Å². The summed E-state index contributed by atoms with van der Waals surface area (Å²) in [5.74, 6) is 0.156. The van der Waals surface area contributed by atoms with Crippen molar-refractivity contribution in [3.05, 3.63) is 46.5 Å². The van der Waals surface area contributed by atoms with E-state index in [1.165, 1.54) is 4.80 Å². The molecule has 6 nitrogen and oxygen atoms in total. The molecule has 0 aliphatic rings. The van der Waals surface area contributed by atoms with Gasteiger partial charge in [0.2, 0.25) is 0 Å². The fraction of sp³-hybridized carbons (Fsp3) is 0.368. The molecule has 1 aromatic heterocycles. The van der Waals surface area contributed by atoms with Crippen LogP contribution in [0.1, 0.15) is 43.0 Å². The molecule has 2 aromatic carbocycles. The molecule has 0 amide bonds. The number of phenols is 1. The first kappa shape index (κ1) is 17.4. The molecule has 25 heavy (non-hydrogen) atoms. The SMILES string of the molecule is Cc1cc(-n2nc3cc(CO)c(CO)cc3n2)c(O)c(C(C)(C)C)c1. The van der Waals surface area contributed by atoms with Crippen molar-refractivity contribution in [3.63, 3.8) is 0 Å². The molecule has 0 unspecified atom stereocenters. The van der Waals surface area contributed by atoms with Crippen LogP contribution in [0, 0.1) is 6.92 Å². The second-order valence-corrected chi connectivity index (χ2v) is 7.35. The summed E-state index contributed by atoms with van der Waals surface area (Å²) >= 11 is 0. The van der Waals surface area contributed by atoms with Crippen molar-refractivity contribution < 1.29 is 15.3 Å². The number of rotatable bonds is 3. The predicted octanol–water partition coefficient (Wildman–Crippen LogP) is 2.72. The monoisotopic (exact) mass is 341 g/mol. The van der Waals surface area contributed by atoms with Crippen molar-refractivity contribution in [3.8, 4) is 11.4 Å². The molecule has 0 radical (unpaired) electrons. The number of aliphatic hydroxyl groups excluding tert-OH is 2. The van der Waals surface area contributed by atoms with E-state index in [1.807, 2.05) is 39.8 Å². The van der Waals surface area contributed by atoms with Gasteiger partial charge in [0.05, 0.1) is 13.2 Å². The first-order chi connectivity index (χ1) is 11.7. The Labute approximate surface area is 146 Å². The molecule has 0 saturated heterocycles. The molecule has 3 N–H and O–H groups in total. The molecule has 0 spiro atoms. The van der Waals surface area contributed by atoms with Gasteiger partial charge in [0.1, 0.15) is 22.5 Å². The minimum atomic E-state index is -0.217. The average molecular weight is 341 g/mol. The Morgan fingerprint density at radius 3 is 1.88 bits per heavy atom. The van der Waals surface area contributed by atoms with E-state index in [4.69, 9.17) is 0 Å². The van der Waals surface area contributed by atoms with E-state index < -0.39 is 0 Å². The van der Waals surface area contributed by atoms with Crippen LogP contribution in [0.15, 0.2) is 24.3 Å². The summed E-state index contributed by atoms with van der Waals surface area (Å²) in [4.78, 5) is 1.41. The highest BCUT2D eigenvalue weighted by molar-refractivity contribution is 5.76. The molecule has 3 aromatic rings. The van der Waals surface area contributed by atoms with Crippen molar-refractivity contribution >= 4 is 11.0 Å². The minimum Gasteiger partial charge on any atom is -0.505 e. The highest BCUT2D eigenvalue weighted by Crippen LogP contribution is 2.36. The quantitative estimate of drug-likeness (QED) is 0.681. The van der Waals surface area contributed by atoms with Crippen LogP contribution in [0.25, 0.3) is 16.7 Å². The van der Waals surface area contributed by atoms with Crippen LogP contribution in [0.4, 0.5) is 0 Å². The largest absolute Gasteiger partial charge is 0.505 e. The summed E-state index contributed by atoms with van der Waals surface area (Å²) in [6.45, 7) is 7.73. The fourth-order valence-corrected chi connectivity index (χ4v) is 2.94. The van der Waals surface area contributed by atoms with Crippen LogP contribution in [-0.2, 0) is 18.6 Å². The average Bonchev–Trinajstić information content (AvgIpc) is 2.96. The lowest BCUT2D eigenvalue weighted by Gasteiger charge is -2.22. The number of benzene rings is 2. The Hall–Kier alpha value is -2.44. The van der Waals surface area contributed by atoms with E-state index in [0.29, 0.717) is 27.8 Å². The Morgan fingerprint density at radius 2 is 1.44 bits per heavy atom. The van der Waals surface area contributed by atoms with Gasteiger partial charge in [-0.3, -0.25) is 0 Å². The smallest absolute Gasteiger partial charge is 0.146 e. The van der Waals surface area contributed by atoms with Gasteiger partial charge in [-0.1, -0.05) is 26.8 Å². The number of aromatic hydroxyl groups is 1. The maximum atomic E-state index is 10.7. The van der Waals surface area contributed by atoms with Gasteiger partial charge < -0.3 is 15.3 Å². The van der Waals surface area contributed by atoms with Crippen LogP contribution in [-0.4, -0.2) is 30.3 Å². The number of phenolic OH excluding ortho intramolecular Hbond substituents is 1. The number of aromatic nitrogens is 3.